The fourth-order valence-corrected chi connectivity index (χ4v) is 0.898. The molecule has 0 spiro atoms. The van der Waals surface area contributed by atoms with Crippen LogP contribution >= 0.6 is 15.9 Å². The summed E-state index contributed by atoms with van der Waals surface area (Å²) in [6.45, 7) is 4.34. The van der Waals surface area contributed by atoms with E-state index >= 15 is 0 Å². The van der Waals surface area contributed by atoms with Gasteiger partial charge in [-0.3, -0.25) is 0 Å². The van der Waals surface area contributed by atoms with Crippen molar-refractivity contribution >= 4 is 27.4 Å². The van der Waals surface area contributed by atoms with Gasteiger partial charge in [-0.15, -0.1) is 0 Å². The summed E-state index contributed by atoms with van der Waals surface area (Å²) in [6, 6.07) is 3.70. The zero-order valence-electron chi connectivity index (χ0n) is 6.55. The Hall–Kier alpha value is -1.03. The second-order valence-electron chi connectivity index (χ2n) is 2.31. The Labute approximate surface area is 79.8 Å². The molecule has 1 rings (SSSR count). The highest BCUT2D eigenvalue weighted by Crippen LogP contribution is 2.14. The molecule has 0 saturated heterocycles. The van der Waals surface area contributed by atoms with Gasteiger partial charge < -0.3 is 11.1 Å². The van der Waals surface area contributed by atoms with Gasteiger partial charge in [0.2, 0.25) is 0 Å². The Kier molecular flexibility index (Phi) is 3.10. The van der Waals surface area contributed by atoms with Crippen LogP contribution in [-0.2, 0) is 0 Å². The lowest BCUT2D eigenvalue weighted by Gasteiger charge is -2.06. The minimum atomic E-state index is 0.506. The number of nitrogens with one attached hydrogen (secondary N) is 1. The third kappa shape index (κ3) is 2.54. The molecule has 0 aliphatic rings. The van der Waals surface area contributed by atoms with Gasteiger partial charge in [-0.1, -0.05) is 22.5 Å². The molecule has 0 bridgehead atoms. The maximum absolute atomic E-state index is 5.59. The molecular formula is C8H10BrN3. The molecule has 0 atom stereocenters. The third-order valence-electron chi connectivity index (χ3n) is 1.31. The molecule has 12 heavy (non-hydrogen) atoms. The van der Waals surface area contributed by atoms with Gasteiger partial charge in [0.05, 0.1) is 5.69 Å². The van der Waals surface area contributed by atoms with Crippen LogP contribution in [-0.4, -0.2) is 11.5 Å². The van der Waals surface area contributed by atoms with E-state index in [1.807, 2.05) is 12.1 Å². The summed E-state index contributed by atoms with van der Waals surface area (Å²) in [6.07, 6.45) is 1.66. The van der Waals surface area contributed by atoms with Gasteiger partial charge in [-0.05, 0) is 12.1 Å². The number of aromatic nitrogens is 1. The molecule has 0 radical (unpaired) electrons. The monoisotopic (exact) mass is 227 g/mol. The fourth-order valence-electron chi connectivity index (χ4n) is 0.758. The molecular weight excluding hydrogens is 218 g/mol. The third-order valence-corrected chi connectivity index (χ3v) is 1.59. The minimum absolute atomic E-state index is 0.506. The van der Waals surface area contributed by atoms with E-state index in [1.54, 1.807) is 6.20 Å². The molecule has 0 amide bonds. The van der Waals surface area contributed by atoms with E-state index < -0.39 is 0 Å². The molecule has 3 nitrogen and oxygen atoms in total. The number of nitrogens with two attached hydrogens (primary N) is 1. The molecule has 1 aromatic heterocycles. The zero-order chi connectivity index (χ0) is 8.97. The summed E-state index contributed by atoms with van der Waals surface area (Å²) in [5.74, 6) is 0.506. The van der Waals surface area contributed by atoms with Crippen molar-refractivity contribution in [2.24, 2.45) is 0 Å². The van der Waals surface area contributed by atoms with Crippen molar-refractivity contribution in [3.63, 3.8) is 0 Å². The average Bonchev–Trinajstić information content (AvgIpc) is 2.03. The molecule has 0 fully saturated rings. The number of anilines is 2. The standard InChI is InChI=1S/C8H10BrN3/c1-6(9)5-12-7-3-2-4-11-8(7)10/h2-4,12H,1,5H2,(H2,10,11). The van der Waals surface area contributed by atoms with E-state index in [4.69, 9.17) is 5.73 Å². The van der Waals surface area contributed by atoms with Crippen molar-refractivity contribution in [1.82, 2.24) is 4.98 Å². The number of nitrogens with zero attached hydrogens (tertiary/aromatic N) is 1. The Morgan fingerprint density at radius 2 is 2.50 bits per heavy atom. The van der Waals surface area contributed by atoms with Crippen LogP contribution in [0.4, 0.5) is 11.5 Å². The van der Waals surface area contributed by atoms with E-state index in [0.29, 0.717) is 12.4 Å². The Balaban J connectivity index is 2.63. The molecule has 0 aliphatic carbocycles. The molecule has 0 saturated carbocycles. The Bertz CT molecular complexity index is 285. The lowest BCUT2D eigenvalue weighted by Crippen LogP contribution is -2.04. The summed E-state index contributed by atoms with van der Waals surface area (Å²) >= 11 is 3.24. The fraction of sp³-hybridized carbons (Fsp3) is 0.125. The van der Waals surface area contributed by atoms with Crippen molar-refractivity contribution in [2.75, 3.05) is 17.6 Å². The SMILES string of the molecule is C=C(Br)CNc1cccnc1N. The number of halogens is 1. The predicted octanol–water partition coefficient (Wildman–Crippen LogP) is 1.98. The van der Waals surface area contributed by atoms with E-state index in [2.05, 4.69) is 32.8 Å². The first-order valence-electron chi connectivity index (χ1n) is 3.48. The smallest absolute Gasteiger partial charge is 0.146 e. The molecule has 4 heteroatoms. The first kappa shape index (κ1) is 9.06. The summed E-state index contributed by atoms with van der Waals surface area (Å²) in [5, 5.41) is 3.08. The van der Waals surface area contributed by atoms with Crippen LogP contribution in [0.5, 0.6) is 0 Å². The molecule has 1 heterocycles. The summed E-state index contributed by atoms with van der Waals surface area (Å²) in [4.78, 5) is 3.93. The van der Waals surface area contributed by atoms with Crippen LogP contribution in [0.25, 0.3) is 0 Å². The second-order valence-corrected chi connectivity index (χ2v) is 3.43. The van der Waals surface area contributed by atoms with Gasteiger partial charge in [0.25, 0.3) is 0 Å². The lowest BCUT2D eigenvalue weighted by atomic mass is 10.4. The number of hydrogen-bond donors (Lipinski definition) is 2. The Morgan fingerprint density at radius 1 is 1.75 bits per heavy atom. The normalized spacial score (nSPS) is 9.42. The summed E-state index contributed by atoms with van der Waals surface area (Å²) in [5.41, 5.74) is 6.42. The predicted molar refractivity (Wildman–Crippen MR) is 55.2 cm³/mol. The van der Waals surface area contributed by atoms with Crippen LogP contribution in [0, 0.1) is 0 Å². The van der Waals surface area contributed by atoms with E-state index in [0.717, 1.165) is 10.2 Å². The molecule has 3 N–H and O–H groups in total. The van der Waals surface area contributed by atoms with Gasteiger partial charge >= 0.3 is 0 Å². The van der Waals surface area contributed by atoms with Crippen molar-refractivity contribution in [3.05, 3.63) is 29.4 Å². The number of hydrogen-bond acceptors (Lipinski definition) is 3. The molecule has 0 aromatic carbocycles. The quantitative estimate of drug-likeness (QED) is 0.831. The molecule has 1 aromatic rings. The van der Waals surface area contributed by atoms with Crippen molar-refractivity contribution in [1.29, 1.82) is 0 Å². The van der Waals surface area contributed by atoms with Crippen LogP contribution in [0.3, 0.4) is 0 Å². The van der Waals surface area contributed by atoms with Crippen molar-refractivity contribution < 1.29 is 0 Å². The van der Waals surface area contributed by atoms with Gasteiger partial charge in [0.15, 0.2) is 0 Å². The minimum Gasteiger partial charge on any atom is -0.382 e. The highest BCUT2D eigenvalue weighted by molar-refractivity contribution is 9.11. The van der Waals surface area contributed by atoms with Crippen LogP contribution < -0.4 is 11.1 Å². The lowest BCUT2D eigenvalue weighted by molar-refractivity contribution is 1.27. The van der Waals surface area contributed by atoms with Gasteiger partial charge in [-0.2, -0.15) is 0 Å². The maximum Gasteiger partial charge on any atom is 0.146 e. The summed E-state index contributed by atoms with van der Waals surface area (Å²) in [7, 11) is 0. The average molecular weight is 228 g/mol. The highest BCUT2D eigenvalue weighted by atomic mass is 79.9. The van der Waals surface area contributed by atoms with Crippen LogP contribution in [0.2, 0.25) is 0 Å². The van der Waals surface area contributed by atoms with Crippen LogP contribution in [0.1, 0.15) is 0 Å². The topological polar surface area (TPSA) is 50.9 Å². The number of nitrogen functional groups attached to an aromatic ring is 1. The van der Waals surface area contributed by atoms with Crippen LogP contribution in [0.15, 0.2) is 29.4 Å². The van der Waals surface area contributed by atoms with Gasteiger partial charge in [-0.25, -0.2) is 4.98 Å². The highest BCUT2D eigenvalue weighted by Gasteiger charge is 1.96. The largest absolute Gasteiger partial charge is 0.382 e. The van der Waals surface area contributed by atoms with Crippen molar-refractivity contribution in [3.8, 4) is 0 Å². The van der Waals surface area contributed by atoms with E-state index in [9.17, 15) is 0 Å². The van der Waals surface area contributed by atoms with Crippen molar-refractivity contribution in [2.45, 2.75) is 0 Å². The zero-order valence-corrected chi connectivity index (χ0v) is 8.13. The second kappa shape index (κ2) is 4.11. The van der Waals surface area contributed by atoms with Gasteiger partial charge in [0, 0.05) is 17.2 Å². The molecule has 0 aliphatic heterocycles. The maximum atomic E-state index is 5.59. The summed E-state index contributed by atoms with van der Waals surface area (Å²) < 4.78 is 0.880. The van der Waals surface area contributed by atoms with E-state index in [-0.39, 0.29) is 0 Å². The Morgan fingerprint density at radius 3 is 3.08 bits per heavy atom. The van der Waals surface area contributed by atoms with E-state index in [1.165, 1.54) is 0 Å². The van der Waals surface area contributed by atoms with Gasteiger partial charge in [0.1, 0.15) is 5.82 Å². The number of pyridine rings is 1. The molecule has 0 unspecified atom stereocenters. The molecule has 64 valence electrons. The first-order valence-corrected chi connectivity index (χ1v) is 4.27. The number of rotatable bonds is 3. The first-order chi connectivity index (χ1) is 5.70.